The summed E-state index contributed by atoms with van der Waals surface area (Å²) in [6, 6.07) is 0. The van der Waals surface area contributed by atoms with E-state index in [1.807, 2.05) is 0 Å². The standard InChI is InChI=1S/C2H7O3P.Sb.2H/c1-5-6(2,3)4;;;/h1-2H3,(H,3,4);;;/q;+1;;/p-1. The van der Waals surface area contributed by atoms with Gasteiger partial charge in [-0.2, -0.15) is 0 Å². The average Bonchev–Trinajstić information content (AvgIpc) is 1.68. The maximum atomic E-state index is 10.5. The predicted molar refractivity (Wildman–Crippen MR) is 30.2 cm³/mol. The van der Waals surface area contributed by atoms with E-state index in [1.54, 1.807) is 0 Å². The Morgan fingerprint density at radius 3 is 2.14 bits per heavy atom. The minimum absolute atomic E-state index is 0.525. The molecule has 44 valence electrons. The molecule has 0 spiro atoms. The van der Waals surface area contributed by atoms with Crippen molar-refractivity contribution in [2.45, 2.75) is 0 Å². The Hall–Kier alpha value is 0.968. The van der Waals surface area contributed by atoms with Gasteiger partial charge in [0.2, 0.25) is 0 Å². The summed E-state index contributed by atoms with van der Waals surface area (Å²) in [6.07, 6.45) is 0. The van der Waals surface area contributed by atoms with Gasteiger partial charge in [0.1, 0.15) is 0 Å². The van der Waals surface area contributed by atoms with Crippen LogP contribution in [0.25, 0.3) is 0 Å². The van der Waals surface area contributed by atoms with Crippen LogP contribution >= 0.6 is 7.60 Å². The molecule has 0 aliphatic carbocycles. The second kappa shape index (κ2) is 3.09. The third kappa shape index (κ3) is 3.54. The first kappa shape index (κ1) is 7.97. The van der Waals surface area contributed by atoms with Crippen LogP contribution < -0.4 is 0 Å². The van der Waals surface area contributed by atoms with Crippen LogP contribution in [0, 0.1) is 0 Å². The molecule has 7 heavy (non-hydrogen) atoms. The van der Waals surface area contributed by atoms with E-state index in [0.717, 1.165) is 0 Å². The van der Waals surface area contributed by atoms with Crippen molar-refractivity contribution in [3.63, 3.8) is 0 Å². The molecule has 0 saturated carbocycles. The molecule has 3 nitrogen and oxygen atoms in total. The molecule has 0 fully saturated rings. The molecule has 0 bridgehead atoms. The zero-order valence-electron chi connectivity index (χ0n) is 4.25. The van der Waals surface area contributed by atoms with E-state index < -0.39 is 7.60 Å². The molecule has 1 unspecified atom stereocenters. The van der Waals surface area contributed by atoms with Gasteiger partial charge in [-0.3, -0.25) is 0 Å². The van der Waals surface area contributed by atoms with Crippen molar-refractivity contribution < 1.29 is 11.9 Å². The summed E-state index contributed by atoms with van der Waals surface area (Å²) in [5, 5.41) is 0. The zero-order valence-corrected chi connectivity index (χ0v) is 8.44. The van der Waals surface area contributed by atoms with Crippen LogP contribution in [0.1, 0.15) is 0 Å². The minimum atomic E-state index is -2.60. The van der Waals surface area contributed by atoms with Crippen LogP contribution in [0.3, 0.4) is 0 Å². The van der Waals surface area contributed by atoms with E-state index in [4.69, 9.17) is 0 Å². The van der Waals surface area contributed by atoms with Crippen molar-refractivity contribution in [3.05, 3.63) is 0 Å². The summed E-state index contributed by atoms with van der Waals surface area (Å²) in [5.41, 5.74) is 0. The van der Waals surface area contributed by atoms with E-state index in [2.05, 4.69) is 7.33 Å². The molecule has 0 aromatic carbocycles. The SMILES string of the molecule is COP(C)(=O)[O][SbH2]. The van der Waals surface area contributed by atoms with Gasteiger partial charge in [-0.25, -0.2) is 0 Å². The van der Waals surface area contributed by atoms with Gasteiger partial charge in [-0.05, 0) is 0 Å². The van der Waals surface area contributed by atoms with Gasteiger partial charge in [0, 0.05) is 0 Å². The maximum absolute atomic E-state index is 10.5. The molecule has 0 heterocycles. The summed E-state index contributed by atoms with van der Waals surface area (Å²) in [7, 11) is -1.22. The van der Waals surface area contributed by atoms with Gasteiger partial charge < -0.3 is 0 Å². The summed E-state index contributed by atoms with van der Waals surface area (Å²) >= 11 is 0.525. The molecule has 0 saturated heterocycles. The first-order valence-corrected chi connectivity index (χ1v) is 4.97. The Bertz CT molecular complexity index is 84.9. The molecule has 0 amide bonds. The van der Waals surface area contributed by atoms with Crippen molar-refractivity contribution >= 4 is 31.0 Å². The first-order valence-electron chi connectivity index (χ1n) is 1.64. The van der Waals surface area contributed by atoms with E-state index in [1.165, 1.54) is 13.8 Å². The molecule has 0 radical (unpaired) electrons. The van der Waals surface area contributed by atoms with Gasteiger partial charge in [-0.15, -0.1) is 0 Å². The van der Waals surface area contributed by atoms with Gasteiger partial charge >= 0.3 is 56.7 Å². The van der Waals surface area contributed by atoms with E-state index in [-0.39, 0.29) is 0 Å². The molecule has 0 aromatic heterocycles. The molecule has 0 aliphatic rings. The second-order valence-corrected chi connectivity index (χ2v) is 4.98. The van der Waals surface area contributed by atoms with Crippen LogP contribution in [0.2, 0.25) is 0 Å². The fourth-order valence-electron chi connectivity index (χ4n) is 0.0430. The number of hydrogen-bond donors (Lipinski definition) is 0. The third-order valence-electron chi connectivity index (χ3n) is 0.523. The topological polar surface area (TPSA) is 35.5 Å². The number of rotatable bonds is 2. The molecule has 0 aliphatic heterocycles. The van der Waals surface area contributed by atoms with Gasteiger partial charge in [0.25, 0.3) is 0 Å². The Morgan fingerprint density at radius 2 is 2.14 bits per heavy atom. The van der Waals surface area contributed by atoms with Crippen molar-refractivity contribution in [2.24, 2.45) is 0 Å². The fourth-order valence-corrected chi connectivity index (χ4v) is 0.866. The molecule has 0 N–H and O–H groups in total. The zero-order chi connectivity index (χ0) is 5.91. The predicted octanol–water partition coefficient (Wildman–Crippen LogP) is 0.0204. The summed E-state index contributed by atoms with van der Waals surface area (Å²) in [4.78, 5) is 0. The molecule has 5 heteroatoms. The molecular formula is C2H8O3PSb. The monoisotopic (exact) mass is 232 g/mol. The van der Waals surface area contributed by atoms with Crippen molar-refractivity contribution in [1.29, 1.82) is 0 Å². The Balaban J connectivity index is 3.61. The summed E-state index contributed by atoms with van der Waals surface area (Å²) < 4.78 is 19.5. The Morgan fingerprint density at radius 1 is 1.71 bits per heavy atom. The van der Waals surface area contributed by atoms with E-state index >= 15 is 0 Å². The third-order valence-corrected chi connectivity index (χ3v) is 4.85. The first-order chi connectivity index (χ1) is 3.12. The number of hydrogen-bond acceptors (Lipinski definition) is 3. The van der Waals surface area contributed by atoms with E-state index in [9.17, 15) is 4.57 Å². The van der Waals surface area contributed by atoms with Gasteiger partial charge in [0.05, 0.1) is 0 Å². The van der Waals surface area contributed by atoms with Gasteiger partial charge in [0.15, 0.2) is 0 Å². The van der Waals surface area contributed by atoms with Crippen molar-refractivity contribution in [3.8, 4) is 0 Å². The van der Waals surface area contributed by atoms with Crippen molar-refractivity contribution in [2.75, 3.05) is 13.8 Å². The molecule has 0 rings (SSSR count). The van der Waals surface area contributed by atoms with E-state index in [0.29, 0.717) is 23.4 Å². The summed E-state index contributed by atoms with van der Waals surface area (Å²) in [5.74, 6) is 0. The molecule has 1 atom stereocenters. The van der Waals surface area contributed by atoms with Crippen LogP contribution in [0.5, 0.6) is 0 Å². The molecular weight excluding hydrogens is 225 g/mol. The molecule has 0 aromatic rings. The van der Waals surface area contributed by atoms with Crippen molar-refractivity contribution in [1.82, 2.24) is 0 Å². The second-order valence-electron chi connectivity index (χ2n) is 1.06. The average molecular weight is 233 g/mol. The van der Waals surface area contributed by atoms with Crippen LogP contribution in [-0.4, -0.2) is 37.2 Å². The quantitative estimate of drug-likeness (QED) is 0.498. The Kier molecular flexibility index (Phi) is 3.51. The summed E-state index contributed by atoms with van der Waals surface area (Å²) in [6.45, 7) is 1.44. The van der Waals surface area contributed by atoms with Crippen LogP contribution in [0.15, 0.2) is 0 Å². The van der Waals surface area contributed by atoms with Crippen LogP contribution in [-0.2, 0) is 11.9 Å². The van der Waals surface area contributed by atoms with Gasteiger partial charge in [-0.1, -0.05) is 0 Å². The fraction of sp³-hybridized carbons (Fsp3) is 1.00. The normalized spacial score (nSPS) is 18.7. The Labute approximate surface area is 57.0 Å². The van der Waals surface area contributed by atoms with Crippen LogP contribution in [0.4, 0.5) is 0 Å².